The Kier molecular flexibility index (Phi) is 4.11. The maximum atomic E-state index is 13.5. The van der Waals surface area contributed by atoms with Gasteiger partial charge in [0.05, 0.1) is 10.6 Å². The molecule has 20 heavy (non-hydrogen) atoms. The highest BCUT2D eigenvalue weighted by atomic mass is 19.1. The summed E-state index contributed by atoms with van der Waals surface area (Å²) in [7, 11) is 0. The van der Waals surface area contributed by atoms with Gasteiger partial charge in [-0.1, -0.05) is 12.8 Å². The number of benzene rings is 1. The number of hydrogen-bond acceptors (Lipinski definition) is 3. The monoisotopic (exact) mass is 285 g/mol. The number of nitrogens with one attached hydrogen (secondary N) is 2. The van der Waals surface area contributed by atoms with Crippen LogP contribution in [0, 0.1) is 21.7 Å². The summed E-state index contributed by atoms with van der Waals surface area (Å²) in [6.07, 6.45) is 3.72. The molecule has 1 fully saturated rings. The van der Waals surface area contributed by atoms with Crippen molar-refractivity contribution in [1.29, 1.82) is 0 Å². The number of halogens is 2. The Morgan fingerprint density at radius 3 is 2.50 bits per heavy atom. The molecule has 1 aliphatic rings. The fourth-order valence-electron chi connectivity index (χ4n) is 2.19. The molecule has 108 valence electrons. The third kappa shape index (κ3) is 3.19. The third-order valence-corrected chi connectivity index (χ3v) is 3.17. The first-order valence-corrected chi connectivity index (χ1v) is 6.18. The van der Waals surface area contributed by atoms with Crippen LogP contribution in [0.1, 0.15) is 25.7 Å². The van der Waals surface area contributed by atoms with Gasteiger partial charge in [0.2, 0.25) is 5.82 Å². The van der Waals surface area contributed by atoms with E-state index in [9.17, 15) is 23.7 Å². The van der Waals surface area contributed by atoms with Gasteiger partial charge in [0.1, 0.15) is 5.82 Å². The van der Waals surface area contributed by atoms with Gasteiger partial charge >= 0.3 is 11.7 Å². The van der Waals surface area contributed by atoms with E-state index in [1.807, 2.05) is 0 Å². The van der Waals surface area contributed by atoms with Crippen LogP contribution in [0.3, 0.4) is 0 Å². The molecule has 2 N–H and O–H groups in total. The lowest BCUT2D eigenvalue weighted by atomic mass is 10.2. The molecule has 8 heteroatoms. The van der Waals surface area contributed by atoms with Crippen LogP contribution in [0.15, 0.2) is 12.1 Å². The summed E-state index contributed by atoms with van der Waals surface area (Å²) in [6, 6.07) is 0.410. The van der Waals surface area contributed by atoms with Crippen LogP contribution in [0.2, 0.25) is 0 Å². The molecule has 0 heterocycles. The molecule has 0 aliphatic heterocycles. The number of carbonyl (C=O) groups excluding carboxylic acids is 1. The van der Waals surface area contributed by atoms with E-state index in [-0.39, 0.29) is 6.04 Å². The maximum Gasteiger partial charge on any atom is 0.319 e. The molecule has 0 unspecified atom stereocenters. The van der Waals surface area contributed by atoms with Gasteiger partial charge in [-0.2, -0.15) is 4.39 Å². The maximum absolute atomic E-state index is 13.5. The van der Waals surface area contributed by atoms with E-state index in [4.69, 9.17) is 0 Å². The summed E-state index contributed by atoms with van der Waals surface area (Å²) in [6.45, 7) is 0. The largest absolute Gasteiger partial charge is 0.335 e. The van der Waals surface area contributed by atoms with Crippen molar-refractivity contribution in [3.8, 4) is 0 Å². The van der Waals surface area contributed by atoms with Gasteiger partial charge in [0, 0.05) is 18.2 Å². The quantitative estimate of drug-likeness (QED) is 0.661. The summed E-state index contributed by atoms with van der Waals surface area (Å²) in [4.78, 5) is 21.2. The van der Waals surface area contributed by atoms with E-state index < -0.39 is 34.0 Å². The van der Waals surface area contributed by atoms with E-state index in [0.29, 0.717) is 12.1 Å². The lowest BCUT2D eigenvalue weighted by molar-refractivity contribution is -0.387. The number of carbonyl (C=O) groups is 1. The van der Waals surface area contributed by atoms with Crippen molar-refractivity contribution in [2.75, 3.05) is 5.32 Å². The van der Waals surface area contributed by atoms with Crippen LogP contribution in [0.25, 0.3) is 0 Å². The normalized spacial score (nSPS) is 15.1. The SMILES string of the molecule is O=C(Nc1cc([N+](=O)[O-])c(F)cc1F)NC1CCCC1. The van der Waals surface area contributed by atoms with Crippen molar-refractivity contribution in [1.82, 2.24) is 5.32 Å². The second-order valence-corrected chi connectivity index (χ2v) is 4.62. The molecule has 2 amide bonds. The second kappa shape index (κ2) is 5.81. The minimum atomic E-state index is -1.28. The zero-order valence-corrected chi connectivity index (χ0v) is 10.5. The number of rotatable bonds is 3. The highest BCUT2D eigenvalue weighted by Gasteiger charge is 2.21. The highest BCUT2D eigenvalue weighted by Crippen LogP contribution is 2.25. The minimum Gasteiger partial charge on any atom is -0.335 e. The molecule has 0 bridgehead atoms. The van der Waals surface area contributed by atoms with Crippen molar-refractivity contribution < 1.29 is 18.5 Å². The molecule has 0 aromatic heterocycles. The first kappa shape index (κ1) is 14.2. The van der Waals surface area contributed by atoms with Crippen LogP contribution in [0.4, 0.5) is 25.0 Å². The number of nitro benzene ring substituents is 1. The van der Waals surface area contributed by atoms with Crippen molar-refractivity contribution in [3.05, 3.63) is 33.9 Å². The van der Waals surface area contributed by atoms with E-state index >= 15 is 0 Å². The van der Waals surface area contributed by atoms with E-state index in [1.165, 1.54) is 0 Å². The van der Waals surface area contributed by atoms with Crippen LogP contribution in [-0.2, 0) is 0 Å². The predicted octanol–water partition coefficient (Wildman–Crippen LogP) is 2.94. The minimum absolute atomic E-state index is 0.0218. The molecule has 1 aliphatic carbocycles. The van der Waals surface area contributed by atoms with Crippen LogP contribution in [-0.4, -0.2) is 17.0 Å². The number of hydrogen-bond donors (Lipinski definition) is 2. The summed E-state index contributed by atoms with van der Waals surface area (Å²) in [5.41, 5.74) is -1.31. The Bertz CT molecular complexity index is 545. The highest BCUT2D eigenvalue weighted by molar-refractivity contribution is 5.90. The van der Waals surface area contributed by atoms with E-state index in [0.717, 1.165) is 25.7 Å². The molecule has 1 aromatic carbocycles. The zero-order chi connectivity index (χ0) is 14.7. The zero-order valence-electron chi connectivity index (χ0n) is 10.5. The Hall–Kier alpha value is -2.25. The predicted molar refractivity (Wildman–Crippen MR) is 67.4 cm³/mol. The Labute approximate surface area is 113 Å². The van der Waals surface area contributed by atoms with Crippen molar-refractivity contribution >= 4 is 17.4 Å². The number of anilines is 1. The van der Waals surface area contributed by atoms with E-state index in [1.54, 1.807) is 0 Å². The Morgan fingerprint density at radius 1 is 1.25 bits per heavy atom. The van der Waals surface area contributed by atoms with Gasteiger partial charge < -0.3 is 10.6 Å². The van der Waals surface area contributed by atoms with Gasteiger partial charge in [-0.15, -0.1) is 0 Å². The molecule has 6 nitrogen and oxygen atoms in total. The van der Waals surface area contributed by atoms with E-state index in [2.05, 4.69) is 10.6 Å². The molecule has 0 spiro atoms. The molecular weight excluding hydrogens is 272 g/mol. The summed E-state index contributed by atoms with van der Waals surface area (Å²) < 4.78 is 26.6. The fraction of sp³-hybridized carbons (Fsp3) is 0.417. The Balaban J connectivity index is 2.09. The summed E-state index contributed by atoms with van der Waals surface area (Å²) in [5.74, 6) is -2.34. The van der Waals surface area contributed by atoms with Gasteiger partial charge in [-0.25, -0.2) is 9.18 Å². The Morgan fingerprint density at radius 2 is 1.90 bits per heavy atom. The first-order chi connectivity index (χ1) is 9.47. The standard InChI is InChI=1S/C12H13F2N3O3/c13-8-5-9(14)11(17(19)20)6-10(8)16-12(18)15-7-3-1-2-4-7/h5-7H,1-4H2,(H2,15,16,18). The molecular formula is C12H13F2N3O3. The molecule has 0 saturated heterocycles. The number of urea groups is 1. The smallest absolute Gasteiger partial charge is 0.319 e. The fourth-order valence-corrected chi connectivity index (χ4v) is 2.19. The van der Waals surface area contributed by atoms with Gasteiger partial charge in [-0.3, -0.25) is 10.1 Å². The first-order valence-electron chi connectivity index (χ1n) is 6.18. The molecule has 2 rings (SSSR count). The van der Waals surface area contributed by atoms with Gasteiger partial charge in [-0.05, 0) is 12.8 Å². The number of amides is 2. The topological polar surface area (TPSA) is 84.3 Å². The lowest BCUT2D eigenvalue weighted by Gasteiger charge is -2.13. The van der Waals surface area contributed by atoms with Crippen LogP contribution in [0.5, 0.6) is 0 Å². The van der Waals surface area contributed by atoms with Crippen molar-refractivity contribution in [2.45, 2.75) is 31.7 Å². The van der Waals surface area contributed by atoms with Crippen molar-refractivity contribution in [3.63, 3.8) is 0 Å². The number of nitrogens with zero attached hydrogens (tertiary/aromatic N) is 1. The van der Waals surface area contributed by atoms with Crippen LogP contribution >= 0.6 is 0 Å². The molecule has 1 saturated carbocycles. The third-order valence-electron chi connectivity index (χ3n) is 3.17. The lowest BCUT2D eigenvalue weighted by Crippen LogP contribution is -2.36. The van der Waals surface area contributed by atoms with Crippen molar-refractivity contribution in [2.24, 2.45) is 0 Å². The molecule has 1 aromatic rings. The molecule has 0 radical (unpaired) electrons. The van der Waals surface area contributed by atoms with Gasteiger partial charge in [0.15, 0.2) is 0 Å². The summed E-state index contributed by atoms with van der Waals surface area (Å²) >= 11 is 0. The average molecular weight is 285 g/mol. The summed E-state index contributed by atoms with van der Waals surface area (Å²) in [5, 5.41) is 15.4. The second-order valence-electron chi connectivity index (χ2n) is 4.62. The van der Waals surface area contributed by atoms with Crippen LogP contribution < -0.4 is 10.6 Å². The number of nitro groups is 1. The molecule has 0 atom stereocenters. The average Bonchev–Trinajstić information content (AvgIpc) is 2.84. The van der Waals surface area contributed by atoms with Gasteiger partial charge in [0.25, 0.3) is 0 Å².